The first-order valence-electron chi connectivity index (χ1n) is 8.95. The Bertz CT molecular complexity index is 533. The van der Waals surface area contributed by atoms with Crippen molar-refractivity contribution in [1.82, 2.24) is 0 Å². The second-order valence-corrected chi connectivity index (χ2v) is 7.76. The normalized spacial score (nSPS) is 17.0. The number of carbonyl (C=O) groups excluding carboxylic acids is 1. The molecule has 0 amide bonds. The van der Waals surface area contributed by atoms with Gasteiger partial charge in [0.1, 0.15) is 0 Å². The molecule has 128 valence electrons. The Hall–Kier alpha value is -0.830. The van der Waals surface area contributed by atoms with Crippen LogP contribution in [0.4, 0.5) is 0 Å². The van der Waals surface area contributed by atoms with E-state index in [0.717, 1.165) is 22.4 Å². The molecule has 0 spiro atoms. The maximum absolute atomic E-state index is 12.0. The summed E-state index contributed by atoms with van der Waals surface area (Å²) in [6.45, 7) is 4.31. The summed E-state index contributed by atoms with van der Waals surface area (Å²) in [6, 6.07) is 4.06. The van der Waals surface area contributed by atoms with Gasteiger partial charge in [-0.2, -0.15) is 0 Å². The lowest BCUT2D eigenvalue weighted by Gasteiger charge is -2.25. The van der Waals surface area contributed by atoms with Crippen LogP contribution in [0, 0.1) is 12.8 Å². The third-order valence-electron chi connectivity index (χ3n) is 5.40. The maximum Gasteiger partial charge on any atom is 0.338 e. The first kappa shape index (κ1) is 18.5. The van der Waals surface area contributed by atoms with Crippen molar-refractivity contribution in [3.8, 4) is 0 Å². The molecule has 1 unspecified atom stereocenters. The zero-order valence-electron chi connectivity index (χ0n) is 14.7. The Labute approximate surface area is 149 Å². The van der Waals surface area contributed by atoms with E-state index in [1.807, 2.05) is 6.07 Å². The van der Waals surface area contributed by atoms with Crippen LogP contribution in [0.2, 0.25) is 0 Å². The monoisotopic (exact) mass is 380 g/mol. The number of rotatable bonds is 6. The van der Waals surface area contributed by atoms with E-state index in [1.165, 1.54) is 57.6 Å². The van der Waals surface area contributed by atoms with E-state index >= 15 is 0 Å². The summed E-state index contributed by atoms with van der Waals surface area (Å²) < 4.78 is 5.90. The SMILES string of the molecule is CCC(CCC1CCCCC1)c1cc(Br)cc(C(=O)OC)c1C. The van der Waals surface area contributed by atoms with Crippen LogP contribution in [0.15, 0.2) is 16.6 Å². The molecule has 1 aliphatic rings. The van der Waals surface area contributed by atoms with Gasteiger partial charge < -0.3 is 4.74 Å². The lowest BCUT2D eigenvalue weighted by Crippen LogP contribution is -2.11. The van der Waals surface area contributed by atoms with Crippen LogP contribution in [-0.2, 0) is 4.74 Å². The van der Waals surface area contributed by atoms with Gasteiger partial charge in [0.15, 0.2) is 0 Å². The van der Waals surface area contributed by atoms with E-state index in [1.54, 1.807) is 0 Å². The highest BCUT2D eigenvalue weighted by molar-refractivity contribution is 9.10. The molecule has 0 bridgehead atoms. The van der Waals surface area contributed by atoms with Crippen LogP contribution >= 0.6 is 15.9 Å². The number of hydrogen-bond donors (Lipinski definition) is 0. The molecule has 0 radical (unpaired) electrons. The highest BCUT2D eigenvalue weighted by atomic mass is 79.9. The molecule has 1 aromatic rings. The van der Waals surface area contributed by atoms with Crippen molar-refractivity contribution in [2.24, 2.45) is 5.92 Å². The average molecular weight is 381 g/mol. The van der Waals surface area contributed by atoms with Gasteiger partial charge in [-0.25, -0.2) is 4.79 Å². The molecule has 1 aromatic carbocycles. The van der Waals surface area contributed by atoms with Gasteiger partial charge in [-0.3, -0.25) is 0 Å². The molecule has 1 fully saturated rings. The first-order chi connectivity index (χ1) is 11.1. The summed E-state index contributed by atoms with van der Waals surface area (Å²) in [5.41, 5.74) is 3.07. The van der Waals surface area contributed by atoms with Gasteiger partial charge in [-0.15, -0.1) is 0 Å². The van der Waals surface area contributed by atoms with Crippen molar-refractivity contribution in [2.75, 3.05) is 7.11 Å². The van der Waals surface area contributed by atoms with E-state index < -0.39 is 0 Å². The summed E-state index contributed by atoms with van der Waals surface area (Å²) >= 11 is 3.56. The zero-order valence-corrected chi connectivity index (χ0v) is 16.2. The number of hydrogen-bond acceptors (Lipinski definition) is 2. The molecule has 2 rings (SSSR count). The summed E-state index contributed by atoms with van der Waals surface area (Å²) in [5, 5.41) is 0. The van der Waals surface area contributed by atoms with Crippen LogP contribution in [-0.4, -0.2) is 13.1 Å². The molecule has 2 nitrogen and oxygen atoms in total. The maximum atomic E-state index is 12.0. The van der Waals surface area contributed by atoms with Crippen molar-refractivity contribution >= 4 is 21.9 Å². The van der Waals surface area contributed by atoms with Crippen LogP contribution in [0.25, 0.3) is 0 Å². The summed E-state index contributed by atoms with van der Waals surface area (Å²) in [4.78, 5) is 12.0. The summed E-state index contributed by atoms with van der Waals surface area (Å²) in [7, 11) is 1.45. The molecule has 0 aromatic heterocycles. The highest BCUT2D eigenvalue weighted by Crippen LogP contribution is 2.35. The van der Waals surface area contributed by atoms with Crippen molar-refractivity contribution < 1.29 is 9.53 Å². The molecule has 23 heavy (non-hydrogen) atoms. The molecule has 0 N–H and O–H groups in total. The lowest BCUT2D eigenvalue weighted by atomic mass is 9.81. The van der Waals surface area contributed by atoms with E-state index in [4.69, 9.17) is 4.74 Å². The first-order valence-corrected chi connectivity index (χ1v) is 9.74. The van der Waals surface area contributed by atoms with Crippen LogP contribution in [0.3, 0.4) is 0 Å². The number of esters is 1. The Morgan fingerprint density at radius 3 is 2.61 bits per heavy atom. The number of carbonyl (C=O) groups is 1. The smallest absolute Gasteiger partial charge is 0.338 e. The van der Waals surface area contributed by atoms with Gasteiger partial charge >= 0.3 is 5.97 Å². The second kappa shape index (κ2) is 8.86. The molecular formula is C20H29BrO2. The van der Waals surface area contributed by atoms with Crippen molar-refractivity contribution in [1.29, 1.82) is 0 Å². The highest BCUT2D eigenvalue weighted by Gasteiger charge is 2.21. The molecule has 3 heteroatoms. The number of ether oxygens (including phenoxy) is 1. The number of benzene rings is 1. The third-order valence-corrected chi connectivity index (χ3v) is 5.86. The fraction of sp³-hybridized carbons (Fsp3) is 0.650. The molecular weight excluding hydrogens is 352 g/mol. The predicted octanol–water partition coefficient (Wildman–Crippen LogP) is 6.40. The molecule has 1 atom stereocenters. The van der Waals surface area contributed by atoms with E-state index in [0.29, 0.717) is 11.5 Å². The van der Waals surface area contributed by atoms with E-state index in [-0.39, 0.29) is 5.97 Å². The minimum absolute atomic E-state index is 0.243. The quantitative estimate of drug-likeness (QED) is 0.533. The predicted molar refractivity (Wildman–Crippen MR) is 99.1 cm³/mol. The molecule has 0 aliphatic heterocycles. The Balaban J connectivity index is 2.16. The van der Waals surface area contributed by atoms with Gasteiger partial charge in [0, 0.05) is 4.47 Å². The standard InChI is InChI=1S/C20H29BrO2/c1-4-16(11-10-15-8-6-5-7-9-15)18-12-17(21)13-19(14(18)2)20(22)23-3/h12-13,15-16H,4-11H2,1-3H3. The fourth-order valence-corrected chi connectivity index (χ4v) is 4.41. The minimum Gasteiger partial charge on any atom is -0.465 e. The average Bonchev–Trinajstić information content (AvgIpc) is 2.58. The summed E-state index contributed by atoms with van der Waals surface area (Å²) in [5.74, 6) is 1.19. The van der Waals surface area contributed by atoms with E-state index in [9.17, 15) is 4.79 Å². The van der Waals surface area contributed by atoms with Crippen LogP contribution < -0.4 is 0 Å². The van der Waals surface area contributed by atoms with Gasteiger partial charge in [0.2, 0.25) is 0 Å². The fourth-order valence-electron chi connectivity index (χ4n) is 3.94. The second-order valence-electron chi connectivity index (χ2n) is 6.85. The number of methoxy groups -OCH3 is 1. The van der Waals surface area contributed by atoms with Gasteiger partial charge in [0.05, 0.1) is 12.7 Å². The Morgan fingerprint density at radius 1 is 1.30 bits per heavy atom. The van der Waals surface area contributed by atoms with E-state index in [2.05, 4.69) is 35.8 Å². The largest absolute Gasteiger partial charge is 0.465 e. The van der Waals surface area contributed by atoms with Crippen molar-refractivity contribution in [3.05, 3.63) is 33.3 Å². The topological polar surface area (TPSA) is 26.3 Å². The minimum atomic E-state index is -0.243. The van der Waals surface area contributed by atoms with Gasteiger partial charge in [-0.1, -0.05) is 55.0 Å². The Morgan fingerprint density at radius 2 is 2.00 bits per heavy atom. The van der Waals surface area contributed by atoms with Crippen molar-refractivity contribution in [2.45, 2.75) is 71.1 Å². The lowest BCUT2D eigenvalue weighted by molar-refractivity contribution is 0.0599. The number of halogens is 1. The zero-order chi connectivity index (χ0) is 16.8. The molecule has 0 saturated heterocycles. The van der Waals surface area contributed by atoms with Crippen molar-refractivity contribution in [3.63, 3.8) is 0 Å². The Kier molecular flexibility index (Phi) is 7.13. The van der Waals surface area contributed by atoms with Gasteiger partial charge in [0.25, 0.3) is 0 Å². The third kappa shape index (κ3) is 4.82. The molecule has 1 saturated carbocycles. The summed E-state index contributed by atoms with van der Waals surface area (Å²) in [6.07, 6.45) is 10.7. The van der Waals surface area contributed by atoms with Crippen LogP contribution in [0.5, 0.6) is 0 Å². The molecule has 0 heterocycles. The van der Waals surface area contributed by atoms with Gasteiger partial charge in [-0.05, 0) is 61.3 Å². The molecule has 1 aliphatic carbocycles. The van der Waals surface area contributed by atoms with Crippen LogP contribution in [0.1, 0.15) is 85.7 Å².